The van der Waals surface area contributed by atoms with Gasteiger partial charge in [-0.05, 0) is 17.8 Å². The molecule has 0 aliphatic carbocycles. The molecule has 0 radical (unpaired) electrons. The van der Waals surface area contributed by atoms with Crippen molar-refractivity contribution < 1.29 is 9.53 Å². The van der Waals surface area contributed by atoms with E-state index in [2.05, 4.69) is 15.7 Å². The van der Waals surface area contributed by atoms with Gasteiger partial charge >= 0.3 is 6.03 Å². The summed E-state index contributed by atoms with van der Waals surface area (Å²) in [6.45, 7) is 1.91. The summed E-state index contributed by atoms with van der Waals surface area (Å²) in [4.78, 5) is 11.2. The number of ether oxygens (including phenoxy) is 1. The van der Waals surface area contributed by atoms with Gasteiger partial charge in [0.15, 0.2) is 0 Å². The fourth-order valence-corrected chi connectivity index (χ4v) is 2.51. The summed E-state index contributed by atoms with van der Waals surface area (Å²) in [6.07, 6.45) is 5.54. The second-order valence-electron chi connectivity index (χ2n) is 5.71. The van der Waals surface area contributed by atoms with Crippen LogP contribution in [0.2, 0.25) is 0 Å². The van der Waals surface area contributed by atoms with Gasteiger partial charge in [-0.2, -0.15) is 5.10 Å². The molecule has 8 heteroatoms. The Kier molecular flexibility index (Phi) is 7.66. The van der Waals surface area contributed by atoms with Crippen LogP contribution in [0.5, 0.6) is 0 Å². The number of rotatable bonds is 10. The Morgan fingerprint density at radius 3 is 2.85 bits per heavy atom. The Hall–Kier alpha value is -2.84. The Bertz CT molecular complexity index is 714. The molecule has 2 aromatic rings. The standard InChI is InChI=1S/C18H26N6O2/c1-24-17(11-19)15(12-22-24)7-8-21-9-10-26-13-16(23-18(20)25)14-5-3-2-4-6-14/h2-8,12,16,21H,9-11,13,19H2,1H3,(H3,20,23,25)/t16-/m1/s1. The van der Waals surface area contributed by atoms with Gasteiger partial charge in [0.1, 0.15) is 0 Å². The van der Waals surface area contributed by atoms with Crippen molar-refractivity contribution in [1.29, 1.82) is 0 Å². The molecule has 0 spiro atoms. The van der Waals surface area contributed by atoms with Gasteiger partial charge in [-0.3, -0.25) is 4.68 Å². The smallest absolute Gasteiger partial charge is 0.312 e. The number of hydrogen-bond acceptors (Lipinski definition) is 5. The summed E-state index contributed by atoms with van der Waals surface area (Å²) >= 11 is 0. The SMILES string of the molecule is Cn1ncc(C=CNCCOC[C@@H](NC(N)=O)c2ccccc2)c1CN. The monoisotopic (exact) mass is 358 g/mol. The van der Waals surface area contributed by atoms with Crippen LogP contribution in [0, 0.1) is 0 Å². The molecule has 8 nitrogen and oxygen atoms in total. The number of carbonyl (C=O) groups excluding carboxylic acids is 1. The van der Waals surface area contributed by atoms with Crippen molar-refractivity contribution in [3.63, 3.8) is 0 Å². The molecule has 140 valence electrons. The Labute approximate surface area is 153 Å². The molecule has 0 unspecified atom stereocenters. The van der Waals surface area contributed by atoms with Crippen LogP contribution in [0.1, 0.15) is 22.9 Å². The first-order valence-corrected chi connectivity index (χ1v) is 8.41. The quantitative estimate of drug-likeness (QED) is 0.470. The number of carbonyl (C=O) groups is 1. The van der Waals surface area contributed by atoms with Crippen LogP contribution in [0.4, 0.5) is 4.79 Å². The molecular formula is C18H26N6O2. The number of aryl methyl sites for hydroxylation is 1. The normalized spacial score (nSPS) is 12.2. The molecule has 1 aromatic carbocycles. The van der Waals surface area contributed by atoms with Crippen molar-refractivity contribution in [2.45, 2.75) is 12.6 Å². The molecule has 0 aliphatic rings. The van der Waals surface area contributed by atoms with Crippen molar-refractivity contribution >= 4 is 12.1 Å². The lowest BCUT2D eigenvalue weighted by Crippen LogP contribution is -2.35. The van der Waals surface area contributed by atoms with E-state index in [4.69, 9.17) is 16.2 Å². The molecule has 26 heavy (non-hydrogen) atoms. The predicted molar refractivity (Wildman–Crippen MR) is 101 cm³/mol. The molecule has 1 aromatic heterocycles. The molecular weight excluding hydrogens is 332 g/mol. The highest BCUT2D eigenvalue weighted by Crippen LogP contribution is 2.12. The lowest BCUT2D eigenvalue weighted by Gasteiger charge is -2.18. The van der Waals surface area contributed by atoms with Crippen LogP contribution >= 0.6 is 0 Å². The zero-order valence-corrected chi connectivity index (χ0v) is 14.9. The lowest BCUT2D eigenvalue weighted by molar-refractivity contribution is 0.117. The number of nitrogens with one attached hydrogen (secondary N) is 2. The van der Waals surface area contributed by atoms with Gasteiger partial charge < -0.3 is 26.8 Å². The third-order valence-electron chi connectivity index (χ3n) is 3.86. The minimum atomic E-state index is -0.573. The van der Waals surface area contributed by atoms with Crippen LogP contribution in [0.3, 0.4) is 0 Å². The van der Waals surface area contributed by atoms with Gasteiger partial charge in [0.2, 0.25) is 0 Å². The van der Waals surface area contributed by atoms with Crippen molar-refractivity contribution in [3.05, 3.63) is 59.5 Å². The van der Waals surface area contributed by atoms with Crippen molar-refractivity contribution in [2.24, 2.45) is 18.5 Å². The van der Waals surface area contributed by atoms with E-state index < -0.39 is 6.03 Å². The first-order chi connectivity index (χ1) is 12.6. The number of nitrogens with two attached hydrogens (primary N) is 2. The number of primary amides is 1. The largest absolute Gasteiger partial charge is 0.389 e. The van der Waals surface area contributed by atoms with E-state index in [9.17, 15) is 4.79 Å². The third kappa shape index (κ3) is 5.91. The Morgan fingerprint density at radius 1 is 1.38 bits per heavy atom. The van der Waals surface area contributed by atoms with E-state index in [1.807, 2.05) is 49.7 Å². The highest BCUT2D eigenvalue weighted by molar-refractivity contribution is 5.72. The molecule has 6 N–H and O–H groups in total. The molecule has 0 aliphatic heterocycles. The average molecular weight is 358 g/mol. The van der Waals surface area contributed by atoms with Gasteiger partial charge in [0.25, 0.3) is 0 Å². The number of hydrogen-bond donors (Lipinski definition) is 4. The van der Waals surface area contributed by atoms with Crippen LogP contribution in [-0.4, -0.2) is 35.6 Å². The van der Waals surface area contributed by atoms with E-state index in [-0.39, 0.29) is 6.04 Å². The fraction of sp³-hybridized carbons (Fsp3) is 0.333. The summed E-state index contributed by atoms with van der Waals surface area (Å²) < 4.78 is 7.41. The second kappa shape index (κ2) is 10.2. The van der Waals surface area contributed by atoms with Gasteiger partial charge in [-0.25, -0.2) is 4.79 Å². The molecule has 0 saturated carbocycles. The summed E-state index contributed by atoms with van der Waals surface area (Å²) in [7, 11) is 1.87. The number of nitrogens with zero attached hydrogens (tertiary/aromatic N) is 2. The van der Waals surface area contributed by atoms with Crippen LogP contribution in [0.25, 0.3) is 6.08 Å². The van der Waals surface area contributed by atoms with E-state index in [0.29, 0.717) is 26.3 Å². The molecule has 1 atom stereocenters. The first-order valence-electron chi connectivity index (χ1n) is 8.41. The van der Waals surface area contributed by atoms with E-state index in [0.717, 1.165) is 16.8 Å². The average Bonchev–Trinajstić information content (AvgIpc) is 3.00. The third-order valence-corrected chi connectivity index (χ3v) is 3.86. The van der Waals surface area contributed by atoms with Crippen molar-refractivity contribution in [3.8, 4) is 0 Å². The maximum atomic E-state index is 11.2. The van der Waals surface area contributed by atoms with E-state index in [1.54, 1.807) is 10.9 Å². The summed E-state index contributed by atoms with van der Waals surface area (Å²) in [5.41, 5.74) is 13.8. The van der Waals surface area contributed by atoms with Gasteiger partial charge in [0, 0.05) is 25.7 Å². The zero-order chi connectivity index (χ0) is 18.8. The van der Waals surface area contributed by atoms with E-state index in [1.165, 1.54) is 0 Å². The first kappa shape index (κ1) is 19.5. The molecule has 1 heterocycles. The number of amides is 2. The molecule has 0 bridgehead atoms. The van der Waals surface area contributed by atoms with Gasteiger partial charge in [0.05, 0.1) is 31.1 Å². The maximum absolute atomic E-state index is 11.2. The van der Waals surface area contributed by atoms with Gasteiger partial charge in [-0.1, -0.05) is 30.3 Å². The second-order valence-corrected chi connectivity index (χ2v) is 5.71. The maximum Gasteiger partial charge on any atom is 0.312 e. The Morgan fingerprint density at radius 2 is 2.15 bits per heavy atom. The van der Waals surface area contributed by atoms with E-state index >= 15 is 0 Å². The minimum absolute atomic E-state index is 0.272. The van der Waals surface area contributed by atoms with Crippen molar-refractivity contribution in [1.82, 2.24) is 20.4 Å². The number of benzene rings is 1. The predicted octanol–water partition coefficient (Wildman–Crippen LogP) is 0.865. The molecule has 0 saturated heterocycles. The fourth-order valence-electron chi connectivity index (χ4n) is 2.51. The minimum Gasteiger partial charge on any atom is -0.389 e. The summed E-state index contributed by atoms with van der Waals surface area (Å²) in [5, 5.41) is 10.0. The number of urea groups is 1. The highest BCUT2D eigenvalue weighted by atomic mass is 16.5. The zero-order valence-electron chi connectivity index (χ0n) is 14.9. The molecule has 2 amide bonds. The van der Waals surface area contributed by atoms with Crippen LogP contribution in [-0.2, 0) is 18.3 Å². The summed E-state index contributed by atoms with van der Waals surface area (Å²) in [6, 6.07) is 8.74. The Balaban J connectivity index is 1.73. The van der Waals surface area contributed by atoms with Crippen molar-refractivity contribution in [2.75, 3.05) is 19.8 Å². The summed E-state index contributed by atoms with van der Waals surface area (Å²) in [5.74, 6) is 0. The van der Waals surface area contributed by atoms with Gasteiger partial charge in [-0.15, -0.1) is 0 Å². The topological polar surface area (TPSA) is 120 Å². The lowest BCUT2D eigenvalue weighted by atomic mass is 10.1. The molecule has 2 rings (SSSR count). The van der Waals surface area contributed by atoms with Crippen LogP contribution in [0.15, 0.2) is 42.7 Å². The number of aromatic nitrogens is 2. The highest BCUT2D eigenvalue weighted by Gasteiger charge is 2.12. The van der Waals surface area contributed by atoms with Crippen LogP contribution < -0.4 is 22.1 Å². The molecule has 0 fully saturated rings.